The zero-order valence-electron chi connectivity index (χ0n) is 11.3. The predicted molar refractivity (Wildman–Crippen MR) is 88.9 cm³/mol. The van der Waals surface area contributed by atoms with Gasteiger partial charge in [0, 0.05) is 5.56 Å². The summed E-state index contributed by atoms with van der Waals surface area (Å²) in [5.41, 5.74) is 1.01. The monoisotopic (exact) mass is 420 g/mol. The van der Waals surface area contributed by atoms with Gasteiger partial charge in [-0.05, 0) is 33.4 Å². The third-order valence-electron chi connectivity index (χ3n) is 2.90. The van der Waals surface area contributed by atoms with Crippen molar-refractivity contribution < 1.29 is 14.2 Å². The van der Waals surface area contributed by atoms with Gasteiger partial charge < -0.3 is 14.2 Å². The fourth-order valence-corrected chi connectivity index (χ4v) is 4.37. The average molecular weight is 422 g/mol. The SMILES string of the molecule is COc1ccsc1C(Br)c1ccc(OC)c(Br)c1OC. The van der Waals surface area contributed by atoms with E-state index in [1.165, 1.54) is 0 Å². The summed E-state index contributed by atoms with van der Waals surface area (Å²) in [6, 6.07) is 5.86. The zero-order valence-corrected chi connectivity index (χ0v) is 15.3. The Bertz CT molecular complexity index is 598. The van der Waals surface area contributed by atoms with E-state index in [2.05, 4.69) is 31.9 Å². The summed E-state index contributed by atoms with van der Waals surface area (Å²) in [6.07, 6.45) is 0. The molecule has 0 N–H and O–H groups in total. The third-order valence-corrected chi connectivity index (χ3v) is 5.86. The van der Waals surface area contributed by atoms with Crippen molar-refractivity contribution in [2.45, 2.75) is 4.83 Å². The van der Waals surface area contributed by atoms with Crippen LogP contribution in [0.1, 0.15) is 15.3 Å². The second-order valence-corrected chi connectivity index (χ2v) is 6.58. The first-order valence-electron chi connectivity index (χ1n) is 5.79. The molecule has 3 nitrogen and oxygen atoms in total. The zero-order chi connectivity index (χ0) is 14.7. The van der Waals surface area contributed by atoms with Gasteiger partial charge in [0.05, 0.1) is 31.0 Å². The van der Waals surface area contributed by atoms with Crippen LogP contribution >= 0.6 is 43.2 Å². The van der Waals surface area contributed by atoms with Crippen LogP contribution in [0.4, 0.5) is 0 Å². The van der Waals surface area contributed by atoms with Gasteiger partial charge in [-0.1, -0.05) is 22.0 Å². The van der Waals surface area contributed by atoms with Crippen molar-refractivity contribution in [3.8, 4) is 17.2 Å². The highest BCUT2D eigenvalue weighted by Gasteiger charge is 2.23. The number of thiophene rings is 1. The maximum absolute atomic E-state index is 5.52. The van der Waals surface area contributed by atoms with Crippen LogP contribution in [0.2, 0.25) is 0 Å². The number of benzene rings is 1. The first kappa shape index (κ1) is 15.7. The summed E-state index contributed by atoms with van der Waals surface area (Å²) in [7, 11) is 4.95. The summed E-state index contributed by atoms with van der Waals surface area (Å²) < 4.78 is 17.0. The molecule has 2 aromatic rings. The molecule has 0 aliphatic heterocycles. The number of methoxy groups -OCH3 is 3. The van der Waals surface area contributed by atoms with Gasteiger partial charge in [0.25, 0.3) is 0 Å². The number of hydrogen-bond acceptors (Lipinski definition) is 4. The van der Waals surface area contributed by atoms with E-state index in [0.29, 0.717) is 0 Å². The molecule has 1 atom stereocenters. The van der Waals surface area contributed by atoms with E-state index in [-0.39, 0.29) is 4.83 Å². The molecule has 1 unspecified atom stereocenters. The highest BCUT2D eigenvalue weighted by molar-refractivity contribution is 9.10. The van der Waals surface area contributed by atoms with Gasteiger partial charge in [-0.2, -0.15) is 0 Å². The van der Waals surface area contributed by atoms with E-state index >= 15 is 0 Å². The van der Waals surface area contributed by atoms with Crippen molar-refractivity contribution in [3.63, 3.8) is 0 Å². The van der Waals surface area contributed by atoms with E-state index < -0.39 is 0 Å². The van der Waals surface area contributed by atoms with Crippen LogP contribution in [-0.4, -0.2) is 21.3 Å². The lowest BCUT2D eigenvalue weighted by Gasteiger charge is -2.17. The Morgan fingerprint density at radius 1 is 1.00 bits per heavy atom. The Morgan fingerprint density at radius 2 is 1.70 bits per heavy atom. The van der Waals surface area contributed by atoms with Crippen molar-refractivity contribution in [2.24, 2.45) is 0 Å². The molecule has 0 bridgehead atoms. The molecule has 0 saturated heterocycles. The molecule has 0 amide bonds. The molecule has 0 aliphatic rings. The van der Waals surface area contributed by atoms with Crippen LogP contribution in [0.5, 0.6) is 17.2 Å². The highest BCUT2D eigenvalue weighted by Crippen LogP contribution is 2.47. The lowest BCUT2D eigenvalue weighted by atomic mass is 10.1. The summed E-state index contributed by atoms with van der Waals surface area (Å²) in [5.74, 6) is 2.36. The molecule has 1 aromatic carbocycles. The van der Waals surface area contributed by atoms with E-state index in [1.807, 2.05) is 23.6 Å². The Morgan fingerprint density at radius 3 is 2.30 bits per heavy atom. The smallest absolute Gasteiger partial charge is 0.141 e. The average Bonchev–Trinajstić information content (AvgIpc) is 2.94. The van der Waals surface area contributed by atoms with Crippen molar-refractivity contribution in [1.82, 2.24) is 0 Å². The predicted octanol–water partition coefficient (Wildman–Crippen LogP) is 5.02. The number of rotatable bonds is 5. The first-order chi connectivity index (χ1) is 9.63. The van der Waals surface area contributed by atoms with E-state index in [0.717, 1.165) is 32.2 Å². The summed E-state index contributed by atoms with van der Waals surface area (Å²) in [5, 5.41) is 2.01. The maximum atomic E-state index is 5.52. The van der Waals surface area contributed by atoms with Gasteiger partial charge in [-0.3, -0.25) is 0 Å². The quantitative estimate of drug-likeness (QED) is 0.634. The van der Waals surface area contributed by atoms with Gasteiger partial charge in [0.1, 0.15) is 21.7 Å². The number of alkyl halides is 1. The first-order valence-corrected chi connectivity index (χ1v) is 8.38. The van der Waals surface area contributed by atoms with Crippen LogP contribution < -0.4 is 14.2 Å². The van der Waals surface area contributed by atoms with E-state index in [4.69, 9.17) is 14.2 Å². The van der Waals surface area contributed by atoms with Crippen LogP contribution in [-0.2, 0) is 0 Å². The van der Waals surface area contributed by atoms with Crippen molar-refractivity contribution in [2.75, 3.05) is 21.3 Å². The van der Waals surface area contributed by atoms with Crippen LogP contribution in [0.3, 0.4) is 0 Å². The molecule has 6 heteroatoms. The molecule has 20 heavy (non-hydrogen) atoms. The van der Waals surface area contributed by atoms with E-state index in [1.54, 1.807) is 32.7 Å². The van der Waals surface area contributed by atoms with Crippen molar-refractivity contribution in [3.05, 3.63) is 38.5 Å². The van der Waals surface area contributed by atoms with Gasteiger partial charge in [-0.15, -0.1) is 11.3 Å². The molecular weight excluding hydrogens is 408 g/mol. The number of hydrogen-bond donors (Lipinski definition) is 0. The molecule has 1 heterocycles. The second-order valence-electron chi connectivity index (χ2n) is 3.92. The molecule has 0 saturated carbocycles. The number of ether oxygens (including phenoxy) is 3. The number of halogens is 2. The van der Waals surface area contributed by atoms with Crippen LogP contribution in [0.15, 0.2) is 28.1 Å². The highest BCUT2D eigenvalue weighted by atomic mass is 79.9. The molecule has 0 fully saturated rings. The largest absolute Gasteiger partial charge is 0.496 e. The maximum Gasteiger partial charge on any atom is 0.141 e. The standard InChI is InChI=1S/C14H14Br2O3S/c1-17-9-5-4-8(13(19-3)12(9)16)11(15)14-10(18-2)6-7-20-14/h4-7,11H,1-3H3. The normalized spacial score (nSPS) is 12.1. The Hall–Kier alpha value is -0.720. The Balaban J connectivity index is 2.49. The fraction of sp³-hybridized carbons (Fsp3) is 0.286. The molecule has 0 radical (unpaired) electrons. The minimum Gasteiger partial charge on any atom is -0.496 e. The van der Waals surface area contributed by atoms with Gasteiger partial charge in [-0.25, -0.2) is 0 Å². The summed E-state index contributed by atoms with van der Waals surface area (Å²) in [4.78, 5) is 1.09. The van der Waals surface area contributed by atoms with Crippen molar-refractivity contribution >= 4 is 43.2 Å². The molecule has 108 valence electrons. The van der Waals surface area contributed by atoms with Crippen LogP contribution in [0, 0.1) is 0 Å². The topological polar surface area (TPSA) is 27.7 Å². The summed E-state index contributed by atoms with van der Waals surface area (Å²) in [6.45, 7) is 0. The van der Waals surface area contributed by atoms with Gasteiger partial charge in [0.15, 0.2) is 0 Å². The second kappa shape index (κ2) is 6.83. The lowest BCUT2D eigenvalue weighted by Crippen LogP contribution is -1.99. The van der Waals surface area contributed by atoms with Gasteiger partial charge >= 0.3 is 0 Å². The fourth-order valence-electron chi connectivity index (χ4n) is 1.92. The molecule has 0 aliphatic carbocycles. The Labute approximate surface area is 139 Å². The summed E-state index contributed by atoms with van der Waals surface area (Å²) >= 11 is 8.89. The third kappa shape index (κ3) is 2.82. The molecule has 2 rings (SSSR count). The lowest BCUT2D eigenvalue weighted by molar-refractivity contribution is 0.386. The molecular formula is C14H14Br2O3S. The molecule has 0 spiro atoms. The Kier molecular flexibility index (Phi) is 5.35. The van der Waals surface area contributed by atoms with Crippen molar-refractivity contribution in [1.29, 1.82) is 0 Å². The van der Waals surface area contributed by atoms with Gasteiger partial charge in [0.2, 0.25) is 0 Å². The minimum absolute atomic E-state index is 0.00499. The van der Waals surface area contributed by atoms with E-state index in [9.17, 15) is 0 Å². The molecule has 1 aromatic heterocycles. The van der Waals surface area contributed by atoms with Crippen LogP contribution in [0.25, 0.3) is 0 Å². The minimum atomic E-state index is -0.00499.